The molecule has 3 N–H and O–H groups in total. The van der Waals surface area contributed by atoms with Gasteiger partial charge in [-0.25, -0.2) is 13.1 Å². The van der Waals surface area contributed by atoms with Crippen LogP contribution in [0.2, 0.25) is 0 Å². The van der Waals surface area contributed by atoms with Crippen LogP contribution in [-0.4, -0.2) is 30.7 Å². The molecule has 20 heavy (non-hydrogen) atoms. The van der Waals surface area contributed by atoms with E-state index in [2.05, 4.69) is 20.2 Å². The van der Waals surface area contributed by atoms with Gasteiger partial charge in [0.25, 0.3) is 10.0 Å². The number of rotatable bonds is 8. The van der Waals surface area contributed by atoms with E-state index in [0.717, 1.165) is 6.42 Å². The largest absolute Gasteiger partial charge is 0.310 e. The summed E-state index contributed by atoms with van der Waals surface area (Å²) >= 11 is 0. The summed E-state index contributed by atoms with van der Waals surface area (Å²) in [7, 11) is -3.56. The first-order valence-electron chi connectivity index (χ1n) is 7.05. The zero-order valence-corrected chi connectivity index (χ0v) is 13.7. The standard InChI is InChI=1S/C13H26N4O2S/c1-6-10(4)11(5)17-20(18,19)13-12(8-15-16-13)7-14-9(2)3/h8-11,14,17H,6-7H2,1-5H3,(H,15,16). The monoisotopic (exact) mass is 302 g/mol. The Morgan fingerprint density at radius 3 is 2.50 bits per heavy atom. The molecule has 0 saturated heterocycles. The molecule has 0 aliphatic rings. The van der Waals surface area contributed by atoms with Crippen LogP contribution >= 0.6 is 0 Å². The van der Waals surface area contributed by atoms with Crippen LogP contribution in [0.5, 0.6) is 0 Å². The average Bonchev–Trinajstić information content (AvgIpc) is 2.83. The number of nitrogens with one attached hydrogen (secondary N) is 3. The van der Waals surface area contributed by atoms with Crippen LogP contribution in [0.25, 0.3) is 0 Å². The van der Waals surface area contributed by atoms with Crippen LogP contribution in [0.15, 0.2) is 11.2 Å². The van der Waals surface area contributed by atoms with Crippen molar-refractivity contribution < 1.29 is 8.42 Å². The fraction of sp³-hybridized carbons (Fsp3) is 0.769. The van der Waals surface area contributed by atoms with Crippen molar-refractivity contribution in [3.63, 3.8) is 0 Å². The molecule has 1 aromatic rings. The van der Waals surface area contributed by atoms with Gasteiger partial charge in [0.15, 0.2) is 5.03 Å². The predicted octanol–water partition coefficient (Wildman–Crippen LogP) is 1.62. The van der Waals surface area contributed by atoms with Gasteiger partial charge < -0.3 is 5.32 Å². The summed E-state index contributed by atoms with van der Waals surface area (Å²) in [5, 5.41) is 9.80. The van der Waals surface area contributed by atoms with E-state index in [1.165, 1.54) is 0 Å². The van der Waals surface area contributed by atoms with Gasteiger partial charge in [-0.2, -0.15) is 5.10 Å². The van der Waals surface area contributed by atoms with Crippen molar-refractivity contribution in [2.75, 3.05) is 0 Å². The van der Waals surface area contributed by atoms with Crippen molar-refractivity contribution >= 4 is 10.0 Å². The Hall–Kier alpha value is -0.920. The summed E-state index contributed by atoms with van der Waals surface area (Å²) in [6.07, 6.45) is 2.48. The summed E-state index contributed by atoms with van der Waals surface area (Å²) < 4.78 is 27.5. The van der Waals surface area contributed by atoms with Gasteiger partial charge in [-0.15, -0.1) is 0 Å². The number of sulfonamides is 1. The first-order chi connectivity index (χ1) is 9.27. The molecule has 0 spiro atoms. The van der Waals surface area contributed by atoms with Gasteiger partial charge in [-0.3, -0.25) is 5.10 Å². The molecule has 0 radical (unpaired) electrons. The van der Waals surface area contributed by atoms with Gasteiger partial charge in [-0.05, 0) is 12.8 Å². The second-order valence-electron chi connectivity index (χ2n) is 5.56. The number of aromatic amines is 1. The quantitative estimate of drug-likeness (QED) is 0.681. The Kier molecular flexibility index (Phi) is 6.16. The zero-order valence-electron chi connectivity index (χ0n) is 12.9. The minimum Gasteiger partial charge on any atom is -0.310 e. The number of aromatic nitrogens is 2. The highest BCUT2D eigenvalue weighted by Crippen LogP contribution is 2.15. The smallest absolute Gasteiger partial charge is 0.258 e. The fourth-order valence-electron chi connectivity index (χ4n) is 1.75. The number of H-pyrrole nitrogens is 1. The Labute approximate surface area is 121 Å². The number of hydrogen-bond donors (Lipinski definition) is 3. The lowest BCUT2D eigenvalue weighted by atomic mass is 10.0. The van der Waals surface area contributed by atoms with Crippen LogP contribution in [0.1, 0.15) is 46.6 Å². The van der Waals surface area contributed by atoms with E-state index in [1.54, 1.807) is 6.20 Å². The topological polar surface area (TPSA) is 86.9 Å². The first kappa shape index (κ1) is 17.1. The molecule has 6 nitrogen and oxygen atoms in total. The van der Waals surface area contributed by atoms with Gasteiger partial charge in [0.1, 0.15) is 0 Å². The molecule has 0 aliphatic carbocycles. The lowest BCUT2D eigenvalue weighted by Gasteiger charge is -2.19. The highest BCUT2D eigenvalue weighted by molar-refractivity contribution is 7.89. The third-order valence-corrected chi connectivity index (χ3v) is 5.06. The Morgan fingerprint density at radius 2 is 1.95 bits per heavy atom. The summed E-state index contributed by atoms with van der Waals surface area (Å²) in [5.74, 6) is 0.282. The molecule has 1 aromatic heterocycles. The van der Waals surface area contributed by atoms with E-state index in [0.29, 0.717) is 12.1 Å². The summed E-state index contributed by atoms with van der Waals surface area (Å²) in [4.78, 5) is 0. The normalized spacial score (nSPS) is 15.5. The second-order valence-corrected chi connectivity index (χ2v) is 7.21. The van der Waals surface area contributed by atoms with Crippen molar-refractivity contribution in [2.45, 2.75) is 64.7 Å². The molecule has 1 rings (SSSR count). The van der Waals surface area contributed by atoms with Crippen LogP contribution in [0.4, 0.5) is 0 Å². The van der Waals surface area contributed by atoms with E-state index in [9.17, 15) is 8.42 Å². The van der Waals surface area contributed by atoms with E-state index in [1.807, 2.05) is 34.6 Å². The first-order valence-corrected chi connectivity index (χ1v) is 8.54. The molecule has 2 atom stereocenters. The molecule has 0 aliphatic heterocycles. The number of hydrogen-bond acceptors (Lipinski definition) is 4. The Morgan fingerprint density at radius 1 is 1.30 bits per heavy atom. The lowest BCUT2D eigenvalue weighted by molar-refractivity contribution is 0.433. The summed E-state index contributed by atoms with van der Waals surface area (Å²) in [6, 6.07) is 0.173. The zero-order chi connectivity index (χ0) is 15.3. The molecule has 116 valence electrons. The fourth-order valence-corrected chi connectivity index (χ4v) is 3.23. The van der Waals surface area contributed by atoms with Crippen molar-refractivity contribution in [3.05, 3.63) is 11.8 Å². The molecule has 0 bridgehead atoms. The average molecular weight is 302 g/mol. The van der Waals surface area contributed by atoms with Crippen molar-refractivity contribution in [3.8, 4) is 0 Å². The Balaban J connectivity index is 2.85. The highest BCUT2D eigenvalue weighted by atomic mass is 32.2. The predicted molar refractivity (Wildman–Crippen MR) is 79.8 cm³/mol. The van der Waals surface area contributed by atoms with Crippen molar-refractivity contribution in [1.29, 1.82) is 0 Å². The summed E-state index contributed by atoms with van der Waals surface area (Å²) in [6.45, 7) is 10.5. The van der Waals surface area contributed by atoms with E-state index in [4.69, 9.17) is 0 Å². The van der Waals surface area contributed by atoms with Crippen LogP contribution < -0.4 is 10.0 Å². The molecule has 1 heterocycles. The summed E-state index contributed by atoms with van der Waals surface area (Å²) in [5.41, 5.74) is 0.655. The van der Waals surface area contributed by atoms with E-state index in [-0.39, 0.29) is 23.0 Å². The lowest BCUT2D eigenvalue weighted by Crippen LogP contribution is -2.37. The van der Waals surface area contributed by atoms with Gasteiger partial charge in [0.05, 0.1) is 6.20 Å². The van der Waals surface area contributed by atoms with Gasteiger partial charge in [-0.1, -0.05) is 34.1 Å². The van der Waals surface area contributed by atoms with Crippen molar-refractivity contribution in [2.24, 2.45) is 5.92 Å². The molecular formula is C13H26N4O2S. The second kappa shape index (κ2) is 7.19. The molecule has 0 aromatic carbocycles. The van der Waals surface area contributed by atoms with Crippen molar-refractivity contribution in [1.82, 2.24) is 20.2 Å². The molecule has 0 amide bonds. The van der Waals surface area contributed by atoms with Gasteiger partial charge >= 0.3 is 0 Å². The Bertz CT molecular complexity index is 510. The molecule has 2 unspecified atom stereocenters. The van der Waals surface area contributed by atoms with Crippen LogP contribution in [0.3, 0.4) is 0 Å². The van der Waals surface area contributed by atoms with Crippen LogP contribution in [-0.2, 0) is 16.6 Å². The maximum absolute atomic E-state index is 12.4. The minimum atomic E-state index is -3.56. The minimum absolute atomic E-state index is 0.112. The SMILES string of the molecule is CCC(C)C(C)NS(=O)(=O)c1[nH]ncc1CNC(C)C. The maximum Gasteiger partial charge on any atom is 0.258 e. The molecule has 0 fully saturated rings. The third-order valence-electron chi connectivity index (χ3n) is 3.49. The highest BCUT2D eigenvalue weighted by Gasteiger charge is 2.24. The maximum atomic E-state index is 12.4. The third kappa shape index (κ3) is 4.57. The van der Waals surface area contributed by atoms with Crippen LogP contribution in [0, 0.1) is 5.92 Å². The molecule has 0 saturated carbocycles. The molecular weight excluding hydrogens is 276 g/mol. The number of nitrogens with zero attached hydrogens (tertiary/aromatic N) is 1. The van der Waals surface area contributed by atoms with E-state index < -0.39 is 10.0 Å². The molecule has 7 heteroatoms. The van der Waals surface area contributed by atoms with E-state index >= 15 is 0 Å². The van der Waals surface area contributed by atoms with Gasteiger partial charge in [0, 0.05) is 24.2 Å². The van der Waals surface area contributed by atoms with Gasteiger partial charge in [0.2, 0.25) is 0 Å².